The molecule has 0 atom stereocenters. The molecule has 0 amide bonds. The number of carbonyl (C=O) groups is 2. The third-order valence-corrected chi connectivity index (χ3v) is 4.82. The van der Waals surface area contributed by atoms with Gasteiger partial charge in [-0.05, 0) is 42.0 Å². The summed E-state index contributed by atoms with van der Waals surface area (Å²) in [7, 11) is 1.29. The molecule has 0 aliphatic rings. The molecule has 0 bridgehead atoms. The van der Waals surface area contributed by atoms with Crippen molar-refractivity contribution in [3.63, 3.8) is 0 Å². The number of methoxy groups -OCH3 is 1. The minimum atomic E-state index is -0.521. The Morgan fingerprint density at radius 3 is 2.38 bits per heavy atom. The standard InChI is InChI=1S/C26H20O8/c1-30-26(29)18-7-9-19(10-8-18)34-23-15-32-22-13-20(11-12-21(22)25(23)28)31-16-24(27)33-14-17-5-3-2-4-6-17/h2-13,15H,14,16H2,1H3. The van der Waals surface area contributed by atoms with Gasteiger partial charge in [-0.1, -0.05) is 30.3 Å². The largest absolute Gasteiger partial charge is 0.482 e. The van der Waals surface area contributed by atoms with E-state index in [4.69, 9.17) is 18.6 Å². The molecule has 0 aliphatic carbocycles. The van der Waals surface area contributed by atoms with Crippen LogP contribution < -0.4 is 14.9 Å². The molecule has 0 saturated heterocycles. The van der Waals surface area contributed by atoms with Crippen LogP contribution in [0.1, 0.15) is 15.9 Å². The van der Waals surface area contributed by atoms with Crippen molar-refractivity contribution >= 4 is 22.9 Å². The molecule has 4 rings (SSSR count). The summed E-state index contributed by atoms with van der Waals surface area (Å²) in [6.45, 7) is -0.130. The topological polar surface area (TPSA) is 101 Å². The molecule has 172 valence electrons. The highest BCUT2D eigenvalue weighted by atomic mass is 16.6. The Kier molecular flexibility index (Phi) is 6.88. The van der Waals surface area contributed by atoms with Crippen LogP contribution in [0, 0.1) is 0 Å². The smallest absolute Gasteiger partial charge is 0.344 e. The third-order valence-electron chi connectivity index (χ3n) is 4.82. The van der Waals surface area contributed by atoms with E-state index in [-0.39, 0.29) is 35.4 Å². The van der Waals surface area contributed by atoms with Crippen LogP contribution in [0.25, 0.3) is 11.0 Å². The Hall–Kier alpha value is -4.59. The second-order valence-electron chi connectivity index (χ2n) is 7.14. The molecule has 4 aromatic rings. The lowest BCUT2D eigenvalue weighted by Gasteiger charge is -2.09. The Balaban J connectivity index is 1.39. The van der Waals surface area contributed by atoms with Gasteiger partial charge in [0.2, 0.25) is 11.2 Å². The van der Waals surface area contributed by atoms with E-state index in [1.54, 1.807) is 18.2 Å². The molecule has 0 N–H and O–H groups in total. The van der Waals surface area contributed by atoms with Crippen molar-refractivity contribution in [3.05, 3.63) is 100 Å². The van der Waals surface area contributed by atoms with Gasteiger partial charge in [0.1, 0.15) is 30.0 Å². The number of hydrogen-bond donors (Lipinski definition) is 0. The van der Waals surface area contributed by atoms with Gasteiger partial charge in [0, 0.05) is 6.07 Å². The van der Waals surface area contributed by atoms with E-state index < -0.39 is 11.9 Å². The molecule has 1 aromatic heterocycles. The van der Waals surface area contributed by atoms with Crippen molar-refractivity contribution in [2.75, 3.05) is 13.7 Å². The normalized spacial score (nSPS) is 10.5. The monoisotopic (exact) mass is 460 g/mol. The highest BCUT2D eigenvalue weighted by Gasteiger charge is 2.12. The SMILES string of the molecule is COC(=O)c1ccc(Oc2coc3cc(OCC(=O)OCc4ccccc4)ccc3c2=O)cc1. The maximum atomic E-state index is 12.8. The quantitative estimate of drug-likeness (QED) is 0.355. The molecule has 8 heteroatoms. The number of ether oxygens (including phenoxy) is 4. The van der Waals surface area contributed by atoms with Crippen molar-refractivity contribution in [1.82, 2.24) is 0 Å². The van der Waals surface area contributed by atoms with Crippen molar-refractivity contribution in [1.29, 1.82) is 0 Å². The second kappa shape index (κ2) is 10.4. The van der Waals surface area contributed by atoms with Gasteiger partial charge in [-0.2, -0.15) is 0 Å². The summed E-state index contributed by atoms with van der Waals surface area (Å²) in [5, 5.41) is 0.280. The molecule has 0 spiro atoms. The van der Waals surface area contributed by atoms with E-state index in [2.05, 4.69) is 4.74 Å². The molecule has 8 nitrogen and oxygen atoms in total. The van der Waals surface area contributed by atoms with E-state index >= 15 is 0 Å². The summed E-state index contributed by atoms with van der Waals surface area (Å²) in [4.78, 5) is 36.2. The lowest BCUT2D eigenvalue weighted by atomic mass is 10.2. The number of fused-ring (bicyclic) bond motifs is 1. The van der Waals surface area contributed by atoms with Crippen LogP contribution in [-0.4, -0.2) is 25.7 Å². The van der Waals surface area contributed by atoms with Crippen LogP contribution in [0.3, 0.4) is 0 Å². The summed E-state index contributed by atoms with van der Waals surface area (Å²) >= 11 is 0. The number of esters is 2. The van der Waals surface area contributed by atoms with Crippen LogP contribution in [0.5, 0.6) is 17.2 Å². The molecular formula is C26H20O8. The molecule has 0 unspecified atom stereocenters. The molecule has 3 aromatic carbocycles. The Bertz CT molecular complexity index is 1360. The molecule has 0 saturated carbocycles. The number of rotatable bonds is 8. The lowest BCUT2D eigenvalue weighted by Crippen LogP contribution is -2.14. The fraction of sp³-hybridized carbons (Fsp3) is 0.115. The van der Waals surface area contributed by atoms with Gasteiger partial charge in [-0.3, -0.25) is 4.79 Å². The zero-order valence-corrected chi connectivity index (χ0v) is 18.2. The van der Waals surface area contributed by atoms with Gasteiger partial charge < -0.3 is 23.4 Å². The lowest BCUT2D eigenvalue weighted by molar-refractivity contribution is -0.147. The molecule has 0 fully saturated rings. The van der Waals surface area contributed by atoms with E-state index in [1.165, 1.54) is 37.6 Å². The zero-order chi connectivity index (χ0) is 23.9. The van der Waals surface area contributed by atoms with E-state index in [9.17, 15) is 14.4 Å². The highest BCUT2D eigenvalue weighted by molar-refractivity contribution is 5.89. The molecule has 0 radical (unpaired) electrons. The predicted molar refractivity (Wildman–Crippen MR) is 122 cm³/mol. The van der Waals surface area contributed by atoms with Crippen LogP contribution in [0.4, 0.5) is 0 Å². The number of carbonyl (C=O) groups excluding carboxylic acids is 2. The second-order valence-corrected chi connectivity index (χ2v) is 7.14. The maximum absolute atomic E-state index is 12.8. The minimum Gasteiger partial charge on any atom is -0.482 e. The Morgan fingerprint density at radius 1 is 0.912 bits per heavy atom. The first-order valence-electron chi connectivity index (χ1n) is 10.3. The van der Waals surface area contributed by atoms with Gasteiger partial charge in [-0.15, -0.1) is 0 Å². The van der Waals surface area contributed by atoms with Crippen molar-refractivity contribution < 1.29 is 33.0 Å². The van der Waals surface area contributed by atoms with Crippen LogP contribution >= 0.6 is 0 Å². The van der Waals surface area contributed by atoms with Crippen LogP contribution in [0.15, 0.2) is 88.3 Å². The number of benzene rings is 3. The van der Waals surface area contributed by atoms with Crippen molar-refractivity contribution in [2.45, 2.75) is 6.61 Å². The van der Waals surface area contributed by atoms with E-state index in [1.807, 2.05) is 30.3 Å². The van der Waals surface area contributed by atoms with Gasteiger partial charge >= 0.3 is 11.9 Å². The fourth-order valence-electron chi connectivity index (χ4n) is 3.08. The Morgan fingerprint density at radius 2 is 1.65 bits per heavy atom. The van der Waals surface area contributed by atoms with E-state index in [0.29, 0.717) is 17.1 Å². The van der Waals surface area contributed by atoms with Gasteiger partial charge in [0.25, 0.3) is 0 Å². The summed E-state index contributed by atoms with van der Waals surface area (Å²) in [6.07, 6.45) is 1.19. The fourth-order valence-corrected chi connectivity index (χ4v) is 3.08. The average Bonchev–Trinajstić information content (AvgIpc) is 2.88. The summed E-state index contributed by atoms with van der Waals surface area (Å²) in [5.41, 5.74) is 1.12. The van der Waals surface area contributed by atoms with Crippen molar-refractivity contribution in [2.24, 2.45) is 0 Å². The molecule has 1 heterocycles. The highest BCUT2D eigenvalue weighted by Crippen LogP contribution is 2.24. The maximum Gasteiger partial charge on any atom is 0.344 e. The summed E-state index contributed by atoms with van der Waals surface area (Å²) in [5.74, 6) is -0.309. The summed E-state index contributed by atoms with van der Waals surface area (Å²) < 4.78 is 26.4. The molecule has 0 aliphatic heterocycles. The average molecular weight is 460 g/mol. The first-order chi connectivity index (χ1) is 16.5. The third kappa shape index (κ3) is 5.42. The molecular weight excluding hydrogens is 440 g/mol. The zero-order valence-electron chi connectivity index (χ0n) is 18.2. The van der Waals surface area contributed by atoms with Crippen molar-refractivity contribution in [3.8, 4) is 17.2 Å². The van der Waals surface area contributed by atoms with E-state index in [0.717, 1.165) is 5.56 Å². The first-order valence-corrected chi connectivity index (χ1v) is 10.3. The Labute approximate surface area is 194 Å². The number of hydrogen-bond acceptors (Lipinski definition) is 8. The van der Waals surface area contributed by atoms with Crippen LogP contribution in [-0.2, 0) is 20.9 Å². The van der Waals surface area contributed by atoms with Gasteiger partial charge in [0.15, 0.2) is 6.61 Å². The van der Waals surface area contributed by atoms with Gasteiger partial charge in [-0.25, -0.2) is 9.59 Å². The van der Waals surface area contributed by atoms with Crippen LogP contribution in [0.2, 0.25) is 0 Å². The minimum absolute atomic E-state index is 0.0172. The predicted octanol–water partition coefficient (Wildman–Crippen LogP) is 4.49. The first kappa shape index (κ1) is 22.6. The summed E-state index contributed by atoms with van der Waals surface area (Å²) in [6, 6.07) is 20.0. The van der Waals surface area contributed by atoms with Gasteiger partial charge in [0.05, 0.1) is 18.1 Å². The molecule has 34 heavy (non-hydrogen) atoms.